The van der Waals surface area contributed by atoms with Crippen molar-refractivity contribution in [3.8, 4) is 0 Å². The number of hydrogen-bond donors (Lipinski definition) is 0. The van der Waals surface area contributed by atoms with Gasteiger partial charge in [0.1, 0.15) is 0 Å². The molecule has 6 heteroatoms. The highest BCUT2D eigenvalue weighted by atomic mass is 19.2. The molecule has 0 saturated carbocycles. The predicted octanol–water partition coefficient (Wildman–Crippen LogP) is 3.92. The first-order chi connectivity index (χ1) is 12.9. The van der Waals surface area contributed by atoms with Crippen molar-refractivity contribution >= 4 is 11.8 Å². The third-order valence-corrected chi connectivity index (χ3v) is 5.05. The van der Waals surface area contributed by atoms with E-state index >= 15 is 0 Å². The zero-order chi connectivity index (χ0) is 19.6. The molecule has 4 nitrogen and oxygen atoms in total. The van der Waals surface area contributed by atoms with Crippen molar-refractivity contribution in [2.24, 2.45) is 0 Å². The molecule has 2 aromatic rings. The number of carbonyl (C=O) groups excluding carboxylic acids is 2. The fourth-order valence-corrected chi connectivity index (χ4v) is 3.27. The van der Waals surface area contributed by atoms with Crippen molar-refractivity contribution in [3.05, 3.63) is 70.8 Å². The van der Waals surface area contributed by atoms with Crippen LogP contribution in [0.3, 0.4) is 0 Å². The summed E-state index contributed by atoms with van der Waals surface area (Å²) >= 11 is 0. The standard InChI is InChI=1S/C21H22F2N2O2/c1-14(16-8-9-18(22)19(23)12-16)24(2)21(27)17-6-3-5-15(11-17)13-25-10-4-7-20(25)26/h3,5-6,8-9,11-12,14H,4,7,10,13H2,1-2H3. The van der Waals surface area contributed by atoms with Crippen LogP contribution < -0.4 is 0 Å². The molecule has 27 heavy (non-hydrogen) atoms. The number of halogens is 2. The molecule has 1 unspecified atom stereocenters. The second-order valence-electron chi connectivity index (χ2n) is 6.88. The number of likely N-dealkylation sites (tertiary alicyclic amines) is 1. The minimum absolute atomic E-state index is 0.135. The lowest BCUT2D eigenvalue weighted by molar-refractivity contribution is -0.128. The molecule has 1 heterocycles. The van der Waals surface area contributed by atoms with Gasteiger partial charge in [-0.05, 0) is 48.7 Å². The molecule has 1 fully saturated rings. The fourth-order valence-electron chi connectivity index (χ4n) is 3.27. The maximum atomic E-state index is 13.5. The molecule has 1 saturated heterocycles. The van der Waals surface area contributed by atoms with Crippen molar-refractivity contribution in [1.29, 1.82) is 0 Å². The summed E-state index contributed by atoms with van der Waals surface area (Å²) in [6.45, 7) is 2.99. The average molecular weight is 372 g/mol. The van der Waals surface area contributed by atoms with E-state index in [1.54, 1.807) is 37.1 Å². The molecule has 0 aliphatic carbocycles. The first-order valence-electron chi connectivity index (χ1n) is 8.95. The van der Waals surface area contributed by atoms with Gasteiger partial charge in [0.15, 0.2) is 11.6 Å². The Labute approximate surface area is 157 Å². The number of nitrogens with zero attached hydrogens (tertiary/aromatic N) is 2. The molecule has 3 rings (SSSR count). The van der Waals surface area contributed by atoms with Crippen LogP contribution in [0.5, 0.6) is 0 Å². The van der Waals surface area contributed by atoms with Crippen molar-refractivity contribution in [3.63, 3.8) is 0 Å². The summed E-state index contributed by atoms with van der Waals surface area (Å²) < 4.78 is 26.6. The summed E-state index contributed by atoms with van der Waals surface area (Å²) in [6, 6.07) is 10.4. The molecule has 142 valence electrons. The molecule has 1 aliphatic rings. The number of benzene rings is 2. The predicted molar refractivity (Wildman–Crippen MR) is 98.0 cm³/mol. The number of hydrogen-bond acceptors (Lipinski definition) is 2. The topological polar surface area (TPSA) is 40.6 Å². The molecule has 0 spiro atoms. The van der Waals surface area contributed by atoms with E-state index in [4.69, 9.17) is 0 Å². The van der Waals surface area contributed by atoms with Gasteiger partial charge in [0.2, 0.25) is 5.91 Å². The number of carbonyl (C=O) groups is 2. The Morgan fingerprint density at radius 3 is 2.63 bits per heavy atom. The van der Waals surface area contributed by atoms with Gasteiger partial charge in [-0.1, -0.05) is 18.2 Å². The van der Waals surface area contributed by atoms with E-state index in [1.807, 2.05) is 6.07 Å². The zero-order valence-electron chi connectivity index (χ0n) is 15.4. The maximum Gasteiger partial charge on any atom is 0.254 e. The van der Waals surface area contributed by atoms with E-state index < -0.39 is 17.7 Å². The van der Waals surface area contributed by atoms with Crippen LogP contribution in [-0.2, 0) is 11.3 Å². The normalized spacial score (nSPS) is 15.1. The van der Waals surface area contributed by atoms with Gasteiger partial charge in [0, 0.05) is 32.1 Å². The molecule has 2 amide bonds. The van der Waals surface area contributed by atoms with Crippen LogP contribution in [0.4, 0.5) is 8.78 Å². The van der Waals surface area contributed by atoms with Crippen LogP contribution in [0.2, 0.25) is 0 Å². The van der Waals surface area contributed by atoms with Crippen LogP contribution >= 0.6 is 0 Å². The largest absolute Gasteiger partial charge is 0.338 e. The van der Waals surface area contributed by atoms with E-state index in [9.17, 15) is 18.4 Å². The summed E-state index contributed by atoms with van der Waals surface area (Å²) in [4.78, 5) is 27.9. The lowest BCUT2D eigenvalue weighted by atomic mass is 10.0. The van der Waals surface area contributed by atoms with E-state index in [0.717, 1.165) is 30.7 Å². The first kappa shape index (κ1) is 19.0. The van der Waals surface area contributed by atoms with Gasteiger partial charge in [-0.2, -0.15) is 0 Å². The van der Waals surface area contributed by atoms with Gasteiger partial charge in [-0.3, -0.25) is 9.59 Å². The highest BCUT2D eigenvalue weighted by Crippen LogP contribution is 2.23. The zero-order valence-corrected chi connectivity index (χ0v) is 15.4. The highest BCUT2D eigenvalue weighted by Gasteiger charge is 2.22. The van der Waals surface area contributed by atoms with Gasteiger partial charge in [0.05, 0.1) is 6.04 Å². The van der Waals surface area contributed by atoms with E-state index in [2.05, 4.69) is 0 Å². The van der Waals surface area contributed by atoms with Crippen LogP contribution in [0, 0.1) is 11.6 Å². The molecule has 0 aromatic heterocycles. The Morgan fingerprint density at radius 1 is 1.19 bits per heavy atom. The molecular weight excluding hydrogens is 350 g/mol. The van der Waals surface area contributed by atoms with Gasteiger partial charge in [-0.15, -0.1) is 0 Å². The third-order valence-electron chi connectivity index (χ3n) is 5.05. The Bertz CT molecular complexity index is 869. The summed E-state index contributed by atoms with van der Waals surface area (Å²) in [5, 5.41) is 0. The van der Waals surface area contributed by atoms with Gasteiger partial charge < -0.3 is 9.80 Å². The number of rotatable bonds is 5. The second kappa shape index (κ2) is 7.86. The van der Waals surface area contributed by atoms with Crippen molar-refractivity contribution in [2.45, 2.75) is 32.4 Å². The summed E-state index contributed by atoms with van der Waals surface area (Å²) in [6.07, 6.45) is 1.44. The van der Waals surface area contributed by atoms with E-state index in [0.29, 0.717) is 24.1 Å². The average Bonchev–Trinajstić information content (AvgIpc) is 3.07. The van der Waals surface area contributed by atoms with Crippen molar-refractivity contribution in [1.82, 2.24) is 9.80 Å². The minimum Gasteiger partial charge on any atom is -0.338 e. The SMILES string of the molecule is CC(c1ccc(F)c(F)c1)N(C)C(=O)c1cccc(CN2CCCC2=O)c1. The van der Waals surface area contributed by atoms with Gasteiger partial charge in [0.25, 0.3) is 5.91 Å². The number of amides is 2. The van der Waals surface area contributed by atoms with Gasteiger partial charge >= 0.3 is 0 Å². The van der Waals surface area contributed by atoms with E-state index in [-0.39, 0.29) is 11.8 Å². The smallest absolute Gasteiger partial charge is 0.254 e. The van der Waals surface area contributed by atoms with Crippen molar-refractivity contribution in [2.75, 3.05) is 13.6 Å². The quantitative estimate of drug-likeness (QED) is 0.798. The van der Waals surface area contributed by atoms with Crippen LogP contribution in [0.15, 0.2) is 42.5 Å². The third kappa shape index (κ3) is 4.15. The maximum absolute atomic E-state index is 13.5. The highest BCUT2D eigenvalue weighted by molar-refractivity contribution is 5.94. The molecule has 1 atom stereocenters. The monoisotopic (exact) mass is 372 g/mol. The second-order valence-corrected chi connectivity index (χ2v) is 6.88. The summed E-state index contributed by atoms with van der Waals surface area (Å²) in [7, 11) is 1.63. The summed E-state index contributed by atoms with van der Waals surface area (Å²) in [5.41, 5.74) is 1.91. The Morgan fingerprint density at radius 2 is 1.96 bits per heavy atom. The van der Waals surface area contributed by atoms with Crippen LogP contribution in [-0.4, -0.2) is 35.2 Å². The van der Waals surface area contributed by atoms with Gasteiger partial charge in [-0.25, -0.2) is 8.78 Å². The molecule has 2 aromatic carbocycles. The van der Waals surface area contributed by atoms with E-state index in [1.165, 1.54) is 11.0 Å². The molecule has 0 radical (unpaired) electrons. The minimum atomic E-state index is -0.933. The fraction of sp³-hybridized carbons (Fsp3) is 0.333. The molecule has 1 aliphatic heterocycles. The lowest BCUT2D eigenvalue weighted by Gasteiger charge is -2.26. The molecular formula is C21H22F2N2O2. The summed E-state index contributed by atoms with van der Waals surface area (Å²) in [5.74, 6) is -1.93. The Kier molecular flexibility index (Phi) is 5.54. The molecule has 0 N–H and O–H groups in total. The van der Waals surface area contributed by atoms with Crippen molar-refractivity contribution < 1.29 is 18.4 Å². The Balaban J connectivity index is 1.75. The van der Waals surface area contributed by atoms with Crippen LogP contribution in [0.1, 0.15) is 47.3 Å². The lowest BCUT2D eigenvalue weighted by Crippen LogP contribution is -2.30. The first-order valence-corrected chi connectivity index (χ1v) is 8.95. The molecule has 0 bridgehead atoms. The Hall–Kier alpha value is -2.76. The van der Waals surface area contributed by atoms with Crippen LogP contribution in [0.25, 0.3) is 0 Å².